The van der Waals surface area contributed by atoms with E-state index in [0.29, 0.717) is 37.4 Å². The number of hydrogen-bond acceptors (Lipinski definition) is 4. The molecule has 3 rings (SSSR count). The molecule has 1 aromatic rings. The topological polar surface area (TPSA) is 46.0 Å². The first-order valence-electron chi connectivity index (χ1n) is 6.91. The number of fused-ring (bicyclic) bond motifs is 1. The molecular formula is C12H18F3N5. The third kappa shape index (κ3) is 2.42. The van der Waals surface area contributed by atoms with Crippen LogP contribution in [-0.2, 0) is 19.3 Å². The molecule has 0 bridgehead atoms. The molecule has 0 aliphatic carbocycles. The molecule has 0 spiro atoms. The molecule has 1 fully saturated rings. The van der Waals surface area contributed by atoms with Gasteiger partial charge in [-0.2, -0.15) is 13.2 Å². The van der Waals surface area contributed by atoms with Crippen molar-refractivity contribution in [3.8, 4) is 0 Å². The zero-order chi connectivity index (χ0) is 14.3. The Morgan fingerprint density at radius 3 is 2.75 bits per heavy atom. The van der Waals surface area contributed by atoms with Crippen molar-refractivity contribution in [2.24, 2.45) is 5.92 Å². The van der Waals surface area contributed by atoms with Gasteiger partial charge in [0, 0.05) is 19.1 Å². The highest BCUT2D eigenvalue weighted by atomic mass is 19.4. The lowest BCUT2D eigenvalue weighted by atomic mass is 9.93. The SMILES string of the molecule is CC1CNCCC1N1CCn2c(nnc2C(F)(F)F)C1. The van der Waals surface area contributed by atoms with E-state index >= 15 is 0 Å². The van der Waals surface area contributed by atoms with Gasteiger partial charge in [-0.1, -0.05) is 6.92 Å². The summed E-state index contributed by atoms with van der Waals surface area (Å²) >= 11 is 0. The molecule has 8 heteroatoms. The van der Waals surface area contributed by atoms with Crippen LogP contribution in [0.5, 0.6) is 0 Å². The van der Waals surface area contributed by atoms with E-state index in [0.717, 1.165) is 19.5 Å². The molecule has 112 valence electrons. The van der Waals surface area contributed by atoms with Crippen molar-refractivity contribution in [3.63, 3.8) is 0 Å². The van der Waals surface area contributed by atoms with Crippen LogP contribution in [-0.4, -0.2) is 45.3 Å². The molecule has 2 aliphatic heterocycles. The van der Waals surface area contributed by atoms with Gasteiger partial charge in [-0.15, -0.1) is 10.2 Å². The normalized spacial score (nSPS) is 28.4. The average Bonchev–Trinajstić information content (AvgIpc) is 2.82. The number of nitrogens with zero attached hydrogens (tertiary/aromatic N) is 4. The Bertz CT molecular complexity index is 484. The Hall–Kier alpha value is -1.15. The summed E-state index contributed by atoms with van der Waals surface area (Å²) in [6.45, 7) is 5.50. The number of aromatic nitrogens is 3. The maximum Gasteiger partial charge on any atom is 0.451 e. The predicted molar refractivity (Wildman–Crippen MR) is 65.9 cm³/mol. The van der Waals surface area contributed by atoms with E-state index in [4.69, 9.17) is 0 Å². The van der Waals surface area contributed by atoms with E-state index in [9.17, 15) is 13.2 Å². The van der Waals surface area contributed by atoms with E-state index in [1.807, 2.05) is 0 Å². The summed E-state index contributed by atoms with van der Waals surface area (Å²) in [7, 11) is 0. The van der Waals surface area contributed by atoms with E-state index < -0.39 is 12.0 Å². The van der Waals surface area contributed by atoms with Crippen LogP contribution < -0.4 is 5.32 Å². The summed E-state index contributed by atoms with van der Waals surface area (Å²) in [5, 5.41) is 10.4. The maximum absolute atomic E-state index is 12.8. The summed E-state index contributed by atoms with van der Waals surface area (Å²) < 4.78 is 39.5. The Balaban J connectivity index is 1.78. The second-order valence-electron chi connectivity index (χ2n) is 5.60. The van der Waals surface area contributed by atoms with Crippen molar-refractivity contribution in [1.82, 2.24) is 25.0 Å². The lowest BCUT2D eigenvalue weighted by Gasteiger charge is -2.40. The molecule has 1 N–H and O–H groups in total. The molecule has 0 saturated carbocycles. The fourth-order valence-corrected chi connectivity index (χ4v) is 3.21. The predicted octanol–water partition coefficient (Wildman–Crippen LogP) is 1.11. The molecule has 0 amide bonds. The van der Waals surface area contributed by atoms with Crippen molar-refractivity contribution in [3.05, 3.63) is 11.6 Å². The highest BCUT2D eigenvalue weighted by Crippen LogP contribution is 2.30. The lowest BCUT2D eigenvalue weighted by molar-refractivity contribution is -0.148. The third-order valence-electron chi connectivity index (χ3n) is 4.25. The molecule has 1 aromatic heterocycles. The van der Waals surface area contributed by atoms with Gasteiger partial charge in [0.05, 0.1) is 6.54 Å². The van der Waals surface area contributed by atoms with Crippen LogP contribution in [0.3, 0.4) is 0 Å². The van der Waals surface area contributed by atoms with Crippen molar-refractivity contribution < 1.29 is 13.2 Å². The fourth-order valence-electron chi connectivity index (χ4n) is 3.21. The Kier molecular flexibility index (Phi) is 3.45. The van der Waals surface area contributed by atoms with Gasteiger partial charge in [-0.25, -0.2) is 0 Å². The zero-order valence-electron chi connectivity index (χ0n) is 11.3. The molecule has 0 aromatic carbocycles. The highest BCUT2D eigenvalue weighted by Gasteiger charge is 2.40. The van der Waals surface area contributed by atoms with Crippen LogP contribution in [0.15, 0.2) is 0 Å². The van der Waals surface area contributed by atoms with Gasteiger partial charge in [-0.3, -0.25) is 4.90 Å². The number of nitrogens with one attached hydrogen (secondary N) is 1. The van der Waals surface area contributed by atoms with Crippen LogP contribution in [0, 0.1) is 5.92 Å². The molecule has 2 aliphatic rings. The van der Waals surface area contributed by atoms with Gasteiger partial charge in [0.15, 0.2) is 0 Å². The van der Waals surface area contributed by atoms with E-state index in [2.05, 4.69) is 27.3 Å². The maximum atomic E-state index is 12.8. The first-order chi connectivity index (χ1) is 9.47. The van der Waals surface area contributed by atoms with E-state index in [-0.39, 0.29) is 0 Å². The average molecular weight is 289 g/mol. The number of rotatable bonds is 1. The van der Waals surface area contributed by atoms with Gasteiger partial charge in [0.2, 0.25) is 5.82 Å². The summed E-state index contributed by atoms with van der Waals surface area (Å²) in [4.78, 5) is 2.25. The molecule has 2 unspecified atom stereocenters. The first kappa shape index (κ1) is 13.8. The van der Waals surface area contributed by atoms with Crippen molar-refractivity contribution in [2.75, 3.05) is 19.6 Å². The molecule has 3 heterocycles. The second kappa shape index (κ2) is 5.00. The minimum absolute atomic E-state index is 0.313. The summed E-state index contributed by atoms with van der Waals surface area (Å²) in [5.41, 5.74) is 0. The van der Waals surface area contributed by atoms with Crippen LogP contribution >= 0.6 is 0 Å². The van der Waals surface area contributed by atoms with Crippen molar-refractivity contribution in [2.45, 2.75) is 38.7 Å². The lowest BCUT2D eigenvalue weighted by Crippen LogP contribution is -2.51. The van der Waals surface area contributed by atoms with Crippen molar-refractivity contribution in [1.29, 1.82) is 0 Å². The van der Waals surface area contributed by atoms with Crippen molar-refractivity contribution >= 4 is 0 Å². The van der Waals surface area contributed by atoms with Crippen LogP contribution in [0.1, 0.15) is 25.0 Å². The van der Waals surface area contributed by atoms with E-state index in [1.165, 1.54) is 4.57 Å². The van der Waals surface area contributed by atoms with E-state index in [1.54, 1.807) is 0 Å². The molecule has 20 heavy (non-hydrogen) atoms. The molecule has 2 atom stereocenters. The smallest absolute Gasteiger partial charge is 0.316 e. The quantitative estimate of drug-likeness (QED) is 0.841. The van der Waals surface area contributed by atoms with Crippen LogP contribution in [0.25, 0.3) is 0 Å². The Labute approximate surface area is 115 Å². The van der Waals surface area contributed by atoms with Crippen LogP contribution in [0.4, 0.5) is 13.2 Å². The molecule has 5 nitrogen and oxygen atoms in total. The number of hydrogen-bond donors (Lipinski definition) is 1. The fraction of sp³-hybridized carbons (Fsp3) is 0.833. The Morgan fingerprint density at radius 2 is 2.05 bits per heavy atom. The molecular weight excluding hydrogens is 271 g/mol. The minimum Gasteiger partial charge on any atom is -0.316 e. The summed E-state index contributed by atoms with van der Waals surface area (Å²) in [6.07, 6.45) is -3.39. The van der Waals surface area contributed by atoms with Gasteiger partial charge >= 0.3 is 6.18 Å². The standard InChI is InChI=1S/C12H18F3N5/c1-8-6-16-3-2-9(8)19-4-5-20-10(7-19)17-18-11(20)12(13,14)15/h8-9,16H,2-7H2,1H3. The van der Waals surface area contributed by atoms with Gasteiger partial charge in [-0.05, 0) is 25.4 Å². The minimum atomic E-state index is -4.42. The second-order valence-corrected chi connectivity index (χ2v) is 5.60. The number of alkyl halides is 3. The monoisotopic (exact) mass is 289 g/mol. The Morgan fingerprint density at radius 1 is 1.25 bits per heavy atom. The van der Waals surface area contributed by atoms with Gasteiger partial charge < -0.3 is 9.88 Å². The first-order valence-corrected chi connectivity index (χ1v) is 6.91. The molecule has 1 saturated heterocycles. The number of halogens is 3. The largest absolute Gasteiger partial charge is 0.451 e. The van der Waals surface area contributed by atoms with Gasteiger partial charge in [0.25, 0.3) is 0 Å². The van der Waals surface area contributed by atoms with Crippen LogP contribution in [0.2, 0.25) is 0 Å². The molecule has 0 radical (unpaired) electrons. The summed E-state index contributed by atoms with van der Waals surface area (Å²) in [6, 6.07) is 0.413. The number of piperidine rings is 1. The summed E-state index contributed by atoms with van der Waals surface area (Å²) in [5.74, 6) is 0.0557. The highest BCUT2D eigenvalue weighted by molar-refractivity contribution is 5.03. The third-order valence-corrected chi connectivity index (χ3v) is 4.25. The zero-order valence-corrected chi connectivity index (χ0v) is 11.3. The van der Waals surface area contributed by atoms with Gasteiger partial charge in [0.1, 0.15) is 5.82 Å².